The van der Waals surface area contributed by atoms with Crippen LogP contribution in [0.25, 0.3) is 0 Å². The lowest BCUT2D eigenvalue weighted by molar-refractivity contribution is 0.0954. The van der Waals surface area contributed by atoms with Gasteiger partial charge in [0, 0.05) is 18.0 Å². The third-order valence-electron chi connectivity index (χ3n) is 2.15. The van der Waals surface area contributed by atoms with Gasteiger partial charge in [0.15, 0.2) is 0 Å². The van der Waals surface area contributed by atoms with Crippen molar-refractivity contribution in [2.24, 2.45) is 0 Å². The Balaban J connectivity index is 0.00000289. The third kappa shape index (κ3) is 4.86. The standard InChI is InChI=1S/C11H14Cl2N2OS.ClH/c1-14-3-4-15-11(16)7-5-10(17-2)9(13)6-8(7)12;/h5-6,14H,3-4H2,1-2H3,(H,15,16);1H. The molecule has 0 aliphatic rings. The van der Waals surface area contributed by atoms with Crippen molar-refractivity contribution in [3.63, 3.8) is 0 Å². The van der Waals surface area contributed by atoms with E-state index in [1.165, 1.54) is 11.8 Å². The van der Waals surface area contributed by atoms with Gasteiger partial charge in [0.25, 0.3) is 5.91 Å². The van der Waals surface area contributed by atoms with E-state index in [0.717, 1.165) is 4.90 Å². The van der Waals surface area contributed by atoms with Crippen molar-refractivity contribution >= 4 is 53.3 Å². The van der Waals surface area contributed by atoms with Gasteiger partial charge in [-0.05, 0) is 25.4 Å². The molecule has 0 fully saturated rings. The molecule has 3 nitrogen and oxygen atoms in total. The predicted molar refractivity (Wildman–Crippen MR) is 81.8 cm³/mol. The minimum atomic E-state index is -0.183. The molecule has 0 radical (unpaired) electrons. The summed E-state index contributed by atoms with van der Waals surface area (Å²) in [6.45, 7) is 1.27. The van der Waals surface area contributed by atoms with Crippen molar-refractivity contribution in [1.82, 2.24) is 10.6 Å². The van der Waals surface area contributed by atoms with Gasteiger partial charge in [-0.25, -0.2) is 0 Å². The van der Waals surface area contributed by atoms with Gasteiger partial charge in [0.2, 0.25) is 0 Å². The van der Waals surface area contributed by atoms with E-state index in [2.05, 4.69) is 10.6 Å². The van der Waals surface area contributed by atoms with Crippen LogP contribution in [0.1, 0.15) is 10.4 Å². The van der Waals surface area contributed by atoms with E-state index >= 15 is 0 Å². The first-order chi connectivity index (χ1) is 8.10. The number of hydrogen-bond donors (Lipinski definition) is 2. The van der Waals surface area contributed by atoms with Gasteiger partial charge in [-0.2, -0.15) is 0 Å². The van der Waals surface area contributed by atoms with Gasteiger partial charge in [-0.15, -0.1) is 24.2 Å². The predicted octanol–water partition coefficient (Wildman–Crippen LogP) is 3.09. The zero-order valence-corrected chi connectivity index (χ0v) is 13.2. The number of carbonyl (C=O) groups excluding carboxylic acids is 1. The fraction of sp³-hybridized carbons (Fsp3) is 0.364. The van der Waals surface area contributed by atoms with Crippen molar-refractivity contribution in [3.05, 3.63) is 27.7 Å². The first kappa shape index (κ1) is 17.9. The van der Waals surface area contributed by atoms with Crippen molar-refractivity contribution in [2.45, 2.75) is 4.90 Å². The van der Waals surface area contributed by atoms with Gasteiger partial charge in [0.1, 0.15) is 0 Å². The van der Waals surface area contributed by atoms with Crippen LogP contribution in [-0.4, -0.2) is 32.3 Å². The number of amides is 1. The zero-order chi connectivity index (χ0) is 12.8. The Kier molecular flexibility index (Phi) is 8.82. The number of benzene rings is 1. The lowest BCUT2D eigenvalue weighted by Gasteiger charge is -2.09. The molecule has 0 saturated carbocycles. The van der Waals surface area contributed by atoms with E-state index in [9.17, 15) is 4.79 Å². The van der Waals surface area contributed by atoms with Gasteiger partial charge in [-0.1, -0.05) is 23.2 Å². The van der Waals surface area contributed by atoms with Crippen LogP contribution in [0.2, 0.25) is 10.0 Å². The maximum Gasteiger partial charge on any atom is 0.252 e. The quantitative estimate of drug-likeness (QED) is 0.644. The summed E-state index contributed by atoms with van der Waals surface area (Å²) in [5.41, 5.74) is 0.455. The molecule has 0 aromatic heterocycles. The van der Waals surface area contributed by atoms with Crippen LogP contribution in [0.3, 0.4) is 0 Å². The molecule has 102 valence electrons. The second-order valence-corrected chi connectivity index (χ2v) is 4.99. The molecule has 0 bridgehead atoms. The summed E-state index contributed by atoms with van der Waals surface area (Å²) in [5.74, 6) is -0.183. The highest BCUT2D eigenvalue weighted by atomic mass is 35.5. The van der Waals surface area contributed by atoms with Gasteiger partial charge >= 0.3 is 0 Å². The molecule has 0 unspecified atom stereocenters. The first-order valence-electron chi connectivity index (χ1n) is 5.06. The molecule has 1 aromatic rings. The maximum atomic E-state index is 11.8. The van der Waals surface area contributed by atoms with Crippen LogP contribution in [0.15, 0.2) is 17.0 Å². The maximum absolute atomic E-state index is 11.8. The smallest absolute Gasteiger partial charge is 0.252 e. The van der Waals surface area contributed by atoms with Crippen LogP contribution in [0, 0.1) is 0 Å². The Bertz CT molecular complexity index is 416. The number of nitrogens with one attached hydrogen (secondary N) is 2. The molecule has 0 saturated heterocycles. The Morgan fingerprint density at radius 3 is 2.50 bits per heavy atom. The highest BCUT2D eigenvalue weighted by Gasteiger charge is 2.13. The van der Waals surface area contributed by atoms with Crippen LogP contribution in [0.4, 0.5) is 0 Å². The van der Waals surface area contributed by atoms with Crippen molar-refractivity contribution < 1.29 is 4.79 Å². The van der Waals surface area contributed by atoms with Crippen molar-refractivity contribution in [3.8, 4) is 0 Å². The minimum absolute atomic E-state index is 0. The zero-order valence-electron chi connectivity index (χ0n) is 10.0. The minimum Gasteiger partial charge on any atom is -0.351 e. The second-order valence-electron chi connectivity index (χ2n) is 3.33. The molecule has 0 aliphatic heterocycles. The van der Waals surface area contributed by atoms with E-state index < -0.39 is 0 Å². The number of hydrogen-bond acceptors (Lipinski definition) is 3. The van der Waals surface area contributed by atoms with E-state index in [1.54, 1.807) is 12.1 Å². The van der Waals surface area contributed by atoms with Crippen LogP contribution < -0.4 is 10.6 Å². The highest BCUT2D eigenvalue weighted by molar-refractivity contribution is 7.98. The normalized spacial score (nSPS) is 9.78. The topological polar surface area (TPSA) is 41.1 Å². The molecule has 1 amide bonds. The van der Waals surface area contributed by atoms with Crippen LogP contribution in [-0.2, 0) is 0 Å². The Labute approximate surface area is 127 Å². The van der Waals surface area contributed by atoms with E-state index in [-0.39, 0.29) is 18.3 Å². The average Bonchev–Trinajstić information content (AvgIpc) is 2.29. The molecule has 0 aliphatic carbocycles. The van der Waals surface area contributed by atoms with Gasteiger partial charge in [-0.3, -0.25) is 4.79 Å². The fourth-order valence-corrected chi connectivity index (χ4v) is 2.45. The first-order valence-corrected chi connectivity index (χ1v) is 7.04. The summed E-state index contributed by atoms with van der Waals surface area (Å²) in [4.78, 5) is 12.7. The van der Waals surface area contributed by atoms with Crippen LogP contribution in [0.5, 0.6) is 0 Å². The lowest BCUT2D eigenvalue weighted by Crippen LogP contribution is -2.30. The van der Waals surface area contributed by atoms with E-state index in [4.69, 9.17) is 23.2 Å². The molecular weight excluding hydrogens is 315 g/mol. The molecular formula is C11H15Cl3N2OS. The number of thioether (sulfide) groups is 1. The van der Waals surface area contributed by atoms with E-state index in [1.807, 2.05) is 13.3 Å². The van der Waals surface area contributed by atoms with Crippen molar-refractivity contribution in [1.29, 1.82) is 0 Å². The molecule has 0 atom stereocenters. The molecule has 7 heteroatoms. The summed E-state index contributed by atoms with van der Waals surface area (Å²) in [6, 6.07) is 3.31. The fourth-order valence-electron chi connectivity index (χ4n) is 1.26. The average molecular weight is 330 g/mol. The van der Waals surface area contributed by atoms with Gasteiger partial charge < -0.3 is 10.6 Å². The number of rotatable bonds is 5. The van der Waals surface area contributed by atoms with Crippen molar-refractivity contribution in [2.75, 3.05) is 26.4 Å². The SMILES string of the molecule is CNCCNC(=O)c1cc(SC)c(Cl)cc1Cl.Cl. The van der Waals surface area contributed by atoms with Gasteiger partial charge in [0.05, 0.1) is 15.6 Å². The Morgan fingerprint density at radius 2 is 1.94 bits per heavy atom. The number of carbonyl (C=O) groups is 1. The monoisotopic (exact) mass is 328 g/mol. The highest BCUT2D eigenvalue weighted by Crippen LogP contribution is 2.31. The molecule has 18 heavy (non-hydrogen) atoms. The van der Waals surface area contributed by atoms with Crippen LogP contribution >= 0.6 is 47.4 Å². The molecule has 1 aromatic carbocycles. The second kappa shape index (κ2) is 8.88. The molecule has 1 rings (SSSR count). The summed E-state index contributed by atoms with van der Waals surface area (Å²) in [7, 11) is 1.83. The van der Waals surface area contributed by atoms with E-state index in [0.29, 0.717) is 28.7 Å². The summed E-state index contributed by atoms with van der Waals surface area (Å²) in [6.07, 6.45) is 1.90. The summed E-state index contributed by atoms with van der Waals surface area (Å²) in [5, 5.41) is 6.66. The summed E-state index contributed by atoms with van der Waals surface area (Å²) < 4.78 is 0. The summed E-state index contributed by atoms with van der Waals surface area (Å²) >= 11 is 13.5. The largest absolute Gasteiger partial charge is 0.351 e. The number of likely N-dealkylation sites (N-methyl/N-ethyl adjacent to an activating group) is 1. The Morgan fingerprint density at radius 1 is 1.28 bits per heavy atom. The molecule has 2 N–H and O–H groups in total. The third-order valence-corrected chi connectivity index (χ3v) is 3.66. The molecule has 0 spiro atoms. The molecule has 0 heterocycles. The Hall–Kier alpha value is -0.130. The lowest BCUT2D eigenvalue weighted by atomic mass is 10.2. The number of halogens is 3.